The highest BCUT2D eigenvalue weighted by Crippen LogP contribution is 2.34. The van der Waals surface area contributed by atoms with E-state index in [-0.39, 0.29) is 5.12 Å². The van der Waals surface area contributed by atoms with Crippen LogP contribution in [-0.2, 0) is 13.9 Å². The van der Waals surface area contributed by atoms with Gasteiger partial charge in [0.05, 0.1) is 21.1 Å². The molecule has 0 aromatic carbocycles. The van der Waals surface area contributed by atoms with Crippen molar-refractivity contribution < 1.29 is 28.2 Å². The molecule has 6 nitrogen and oxygen atoms in total. The molecule has 0 bridgehead atoms. The van der Waals surface area contributed by atoms with E-state index in [9.17, 15) is 14.3 Å². The van der Waals surface area contributed by atoms with Crippen LogP contribution in [0.15, 0.2) is 0 Å². The third kappa shape index (κ3) is 24.6. The minimum atomic E-state index is -4.77. The second kappa shape index (κ2) is 18.5. The second-order valence-electron chi connectivity index (χ2n) is 9.67. The lowest BCUT2D eigenvalue weighted by atomic mass is 10.0. The van der Waals surface area contributed by atoms with Gasteiger partial charge in [-0.1, -0.05) is 95.7 Å². The number of hydrogen-bond acceptors (Lipinski definition) is 5. The molecule has 0 aliphatic heterocycles. The first-order valence-electron chi connectivity index (χ1n) is 12.2. The van der Waals surface area contributed by atoms with E-state index in [2.05, 4.69) is 6.92 Å². The average molecular weight is 482 g/mol. The Bertz CT molecular complexity index is 493. The largest absolute Gasteiger partial charge is 0.756 e. The minimum Gasteiger partial charge on any atom is -0.756 e. The summed E-state index contributed by atoms with van der Waals surface area (Å²) < 4.78 is 16.4. The summed E-state index contributed by atoms with van der Waals surface area (Å²) >= 11 is 1.24. The molecule has 0 saturated heterocycles. The molecule has 0 aromatic heterocycles. The Hall–Kier alpha value is 0.0900. The van der Waals surface area contributed by atoms with Gasteiger partial charge in [0.25, 0.3) is 7.82 Å². The van der Waals surface area contributed by atoms with Crippen molar-refractivity contribution in [3.63, 3.8) is 0 Å². The third-order valence-corrected chi connectivity index (χ3v) is 6.75. The van der Waals surface area contributed by atoms with Crippen LogP contribution in [0.1, 0.15) is 103 Å². The normalized spacial score (nSPS) is 15.0. The molecule has 0 radical (unpaired) electrons. The molecular weight excluding hydrogens is 433 g/mol. The fraction of sp³-hybridized carbons (Fsp3) is 0.957. The number of likely N-dealkylation sites (N-methyl/N-ethyl adjacent to an activating group) is 1. The number of quaternary nitrogens is 1. The predicted octanol–water partition coefficient (Wildman–Crippen LogP) is 5.67. The van der Waals surface area contributed by atoms with Crippen molar-refractivity contribution in [2.75, 3.05) is 33.4 Å². The van der Waals surface area contributed by atoms with E-state index in [1.165, 1.54) is 82.4 Å². The molecule has 0 heterocycles. The van der Waals surface area contributed by atoms with Gasteiger partial charge in [0, 0.05) is 12.2 Å². The second-order valence-corrected chi connectivity index (χ2v) is 12.0. The van der Waals surface area contributed by atoms with Crippen LogP contribution in [-0.4, -0.2) is 54.0 Å². The van der Waals surface area contributed by atoms with Crippen molar-refractivity contribution >= 4 is 24.7 Å². The molecule has 8 heteroatoms. The molecule has 0 spiro atoms. The fourth-order valence-electron chi connectivity index (χ4n) is 3.64. The van der Waals surface area contributed by atoms with Gasteiger partial charge in [0.15, 0.2) is 5.12 Å². The lowest BCUT2D eigenvalue weighted by molar-refractivity contribution is -0.873. The average Bonchev–Trinajstić information content (AvgIpc) is 2.62. The van der Waals surface area contributed by atoms with Crippen LogP contribution in [0.4, 0.5) is 0 Å². The molecule has 0 aliphatic carbocycles. The summed E-state index contributed by atoms with van der Waals surface area (Å²) in [6.45, 7) is 2.70. The summed E-state index contributed by atoms with van der Waals surface area (Å²) in [4.78, 5) is 32.1. The monoisotopic (exact) mass is 481 g/mol. The Morgan fingerprint density at radius 2 is 1.39 bits per heavy atom. The molecule has 0 aliphatic rings. The maximum atomic E-state index is 12.0. The number of hydrogen-bond donors (Lipinski definition) is 1. The van der Waals surface area contributed by atoms with E-state index in [0.717, 1.165) is 12.8 Å². The van der Waals surface area contributed by atoms with Crippen molar-refractivity contribution in [1.29, 1.82) is 0 Å². The van der Waals surface area contributed by atoms with Gasteiger partial charge in [-0.15, -0.1) is 0 Å². The Kier molecular flexibility index (Phi) is 18.6. The summed E-state index contributed by atoms with van der Waals surface area (Å²) in [6, 6.07) is 0. The van der Waals surface area contributed by atoms with Crippen molar-refractivity contribution in [1.82, 2.24) is 0 Å². The fourth-order valence-corrected chi connectivity index (χ4v) is 5.09. The summed E-state index contributed by atoms with van der Waals surface area (Å²) in [7, 11) is 1.01. The summed E-state index contributed by atoms with van der Waals surface area (Å²) in [6.07, 6.45) is 17.1. The van der Waals surface area contributed by atoms with Gasteiger partial charge in [0.2, 0.25) is 0 Å². The van der Waals surface area contributed by atoms with Crippen LogP contribution < -0.4 is 4.89 Å². The molecule has 0 fully saturated rings. The maximum Gasteiger partial charge on any atom is 0.265 e. The molecule has 0 aromatic rings. The van der Waals surface area contributed by atoms with E-state index >= 15 is 0 Å². The van der Waals surface area contributed by atoms with Crippen LogP contribution in [0.2, 0.25) is 0 Å². The van der Waals surface area contributed by atoms with Gasteiger partial charge < -0.3 is 18.8 Å². The summed E-state index contributed by atoms with van der Waals surface area (Å²) in [5.74, 6) is 0.502. The SMILES string of the molecule is CCCCCCCCCCCCCCCC(=O)SCCC(C[N+](C)(C)C)OP(=O)([O-])O. The quantitative estimate of drug-likeness (QED) is 0.129. The predicted molar refractivity (Wildman–Crippen MR) is 130 cm³/mol. The van der Waals surface area contributed by atoms with Crippen molar-refractivity contribution in [2.24, 2.45) is 0 Å². The first kappa shape index (κ1) is 31.1. The van der Waals surface area contributed by atoms with Gasteiger partial charge in [0.1, 0.15) is 12.6 Å². The summed E-state index contributed by atoms with van der Waals surface area (Å²) in [5, 5.41) is 0.154. The van der Waals surface area contributed by atoms with Gasteiger partial charge in [-0.3, -0.25) is 9.36 Å². The topological polar surface area (TPSA) is 86.7 Å². The molecular formula is C23H48NO5PS. The Labute approximate surface area is 195 Å². The number of carbonyl (C=O) groups excluding carboxylic acids is 1. The van der Waals surface area contributed by atoms with Crippen LogP contribution >= 0.6 is 19.6 Å². The highest BCUT2D eigenvalue weighted by atomic mass is 32.2. The third-order valence-electron chi connectivity index (χ3n) is 5.22. The van der Waals surface area contributed by atoms with Crippen molar-refractivity contribution in [3.05, 3.63) is 0 Å². The van der Waals surface area contributed by atoms with E-state index in [1.54, 1.807) is 0 Å². The number of phosphoric ester groups is 1. The van der Waals surface area contributed by atoms with E-state index < -0.39 is 13.9 Å². The number of rotatable bonds is 21. The standard InChI is InChI=1S/C23H48NO5PS/c1-5-6-7-8-9-10-11-12-13-14-15-16-17-18-23(25)31-20-19-22(21-24(2,3)4)29-30(26,27)28/h22H,5-21H2,1-4H3,(H-,26,27,28). The highest BCUT2D eigenvalue weighted by Gasteiger charge is 2.22. The summed E-state index contributed by atoms with van der Waals surface area (Å²) in [5.41, 5.74) is 0. The van der Waals surface area contributed by atoms with Gasteiger partial charge in [-0.05, 0) is 12.8 Å². The highest BCUT2D eigenvalue weighted by molar-refractivity contribution is 8.13. The molecule has 2 atom stereocenters. The van der Waals surface area contributed by atoms with Crippen LogP contribution in [0, 0.1) is 0 Å². The molecule has 0 amide bonds. The van der Waals surface area contributed by atoms with Gasteiger partial charge in [-0.25, -0.2) is 0 Å². The first-order chi connectivity index (χ1) is 14.5. The first-order valence-corrected chi connectivity index (χ1v) is 14.7. The zero-order chi connectivity index (χ0) is 23.6. The lowest BCUT2D eigenvalue weighted by Gasteiger charge is -2.31. The molecule has 1 N–H and O–H groups in total. The number of thioether (sulfide) groups is 1. The van der Waals surface area contributed by atoms with Crippen molar-refractivity contribution in [3.8, 4) is 0 Å². The van der Waals surface area contributed by atoms with E-state index in [4.69, 9.17) is 9.42 Å². The molecule has 2 unspecified atom stereocenters. The molecule has 186 valence electrons. The Balaban J connectivity index is 3.67. The van der Waals surface area contributed by atoms with E-state index in [0.29, 0.717) is 29.6 Å². The zero-order valence-corrected chi connectivity index (χ0v) is 22.2. The zero-order valence-electron chi connectivity index (χ0n) is 20.5. The van der Waals surface area contributed by atoms with Gasteiger partial charge >= 0.3 is 0 Å². The van der Waals surface area contributed by atoms with Crippen molar-refractivity contribution in [2.45, 2.75) is 109 Å². The van der Waals surface area contributed by atoms with Gasteiger partial charge in [-0.2, -0.15) is 0 Å². The maximum absolute atomic E-state index is 12.0. The number of unbranched alkanes of at least 4 members (excludes halogenated alkanes) is 12. The van der Waals surface area contributed by atoms with Crippen LogP contribution in [0.3, 0.4) is 0 Å². The van der Waals surface area contributed by atoms with E-state index in [1.807, 2.05) is 21.1 Å². The lowest BCUT2D eigenvalue weighted by Crippen LogP contribution is -2.42. The molecule has 0 saturated carbocycles. The van der Waals surface area contributed by atoms with Crippen LogP contribution in [0.5, 0.6) is 0 Å². The number of phosphoric acid groups is 1. The number of carbonyl (C=O) groups is 1. The molecule has 31 heavy (non-hydrogen) atoms. The Morgan fingerprint density at radius 1 is 0.935 bits per heavy atom. The number of nitrogens with zero attached hydrogens (tertiary/aromatic N) is 1. The molecule has 0 rings (SSSR count). The minimum absolute atomic E-state index is 0.154. The van der Waals surface area contributed by atoms with Crippen LogP contribution in [0.25, 0.3) is 0 Å². The Morgan fingerprint density at radius 3 is 1.81 bits per heavy atom. The smallest absolute Gasteiger partial charge is 0.265 e.